The molecule has 9 nitrogen and oxygen atoms in total. The molecule has 0 unspecified atom stereocenters. The lowest BCUT2D eigenvalue weighted by Gasteiger charge is -2.06. The van der Waals surface area contributed by atoms with Gasteiger partial charge in [-0.2, -0.15) is 20.1 Å². The van der Waals surface area contributed by atoms with Crippen LogP contribution in [0.2, 0.25) is 0 Å². The van der Waals surface area contributed by atoms with Gasteiger partial charge in [-0.1, -0.05) is 6.92 Å². The zero-order valence-corrected chi connectivity index (χ0v) is 11.2. The Morgan fingerprint density at radius 1 is 1.45 bits per heavy atom. The summed E-state index contributed by atoms with van der Waals surface area (Å²) in [5.74, 6) is 0.0155. The Bertz CT molecular complexity index is 611. The summed E-state index contributed by atoms with van der Waals surface area (Å²) in [5.41, 5.74) is 5.45. The number of ether oxygens (including phenoxy) is 1. The first kappa shape index (κ1) is 13.7. The van der Waals surface area contributed by atoms with Crippen LogP contribution < -0.4 is 15.8 Å². The summed E-state index contributed by atoms with van der Waals surface area (Å²) in [5, 5.41) is 6.79. The van der Waals surface area contributed by atoms with Crippen molar-refractivity contribution < 1.29 is 9.53 Å². The number of aromatic nitrogens is 5. The number of hydrogen-bond donors (Lipinski definition) is 2. The van der Waals surface area contributed by atoms with Gasteiger partial charge >= 0.3 is 6.01 Å². The van der Waals surface area contributed by atoms with Gasteiger partial charge < -0.3 is 15.8 Å². The SMILES string of the molecule is CCCOc1nc(NC)nc(-n2cc(C(N)=O)cn2)n1. The number of amides is 1. The maximum Gasteiger partial charge on any atom is 0.323 e. The molecule has 1 amide bonds. The largest absolute Gasteiger partial charge is 0.463 e. The molecular weight excluding hydrogens is 262 g/mol. The van der Waals surface area contributed by atoms with Crippen LogP contribution in [0.1, 0.15) is 23.7 Å². The molecule has 2 heterocycles. The van der Waals surface area contributed by atoms with E-state index in [9.17, 15) is 4.79 Å². The molecule has 0 aliphatic heterocycles. The first-order valence-electron chi connectivity index (χ1n) is 6.05. The molecule has 2 rings (SSSR count). The molecule has 106 valence electrons. The van der Waals surface area contributed by atoms with E-state index in [0.717, 1.165) is 6.42 Å². The Kier molecular flexibility index (Phi) is 4.08. The predicted molar refractivity (Wildman–Crippen MR) is 70.8 cm³/mol. The van der Waals surface area contributed by atoms with Gasteiger partial charge in [-0.25, -0.2) is 4.68 Å². The van der Waals surface area contributed by atoms with Crippen molar-refractivity contribution in [3.63, 3.8) is 0 Å². The molecule has 0 saturated carbocycles. The molecule has 0 fully saturated rings. The number of rotatable bonds is 6. The molecule has 20 heavy (non-hydrogen) atoms. The fourth-order valence-electron chi connectivity index (χ4n) is 1.38. The van der Waals surface area contributed by atoms with Crippen molar-refractivity contribution in [1.82, 2.24) is 24.7 Å². The second-order valence-electron chi connectivity index (χ2n) is 3.88. The third kappa shape index (κ3) is 2.99. The number of hydrogen-bond acceptors (Lipinski definition) is 7. The van der Waals surface area contributed by atoms with Crippen LogP contribution >= 0.6 is 0 Å². The van der Waals surface area contributed by atoms with E-state index in [1.165, 1.54) is 17.1 Å². The van der Waals surface area contributed by atoms with Crippen LogP contribution in [0.25, 0.3) is 5.95 Å². The molecule has 0 aromatic carbocycles. The summed E-state index contributed by atoms with van der Waals surface area (Å²) < 4.78 is 6.71. The van der Waals surface area contributed by atoms with Gasteiger partial charge in [0.25, 0.3) is 11.9 Å². The Hall–Kier alpha value is -2.71. The highest BCUT2D eigenvalue weighted by Gasteiger charge is 2.11. The lowest BCUT2D eigenvalue weighted by molar-refractivity contribution is 0.100. The minimum absolute atomic E-state index is 0.192. The molecule has 0 saturated heterocycles. The minimum atomic E-state index is -0.568. The van der Waals surface area contributed by atoms with Gasteiger partial charge in [-0.15, -0.1) is 0 Å². The average Bonchev–Trinajstić information content (AvgIpc) is 2.94. The monoisotopic (exact) mass is 277 g/mol. The second-order valence-corrected chi connectivity index (χ2v) is 3.88. The standard InChI is InChI=1S/C11H15N7O2/c1-3-4-20-11-16-9(13-2)15-10(17-11)18-6-7(5-14-18)8(12)19/h5-6H,3-4H2,1-2H3,(H2,12,19)(H,13,15,16,17). The van der Waals surface area contributed by atoms with Crippen LogP contribution in [0, 0.1) is 0 Å². The van der Waals surface area contributed by atoms with Crippen molar-refractivity contribution in [2.45, 2.75) is 13.3 Å². The Morgan fingerprint density at radius 2 is 2.25 bits per heavy atom. The average molecular weight is 277 g/mol. The third-order valence-corrected chi connectivity index (χ3v) is 2.33. The molecule has 0 bridgehead atoms. The van der Waals surface area contributed by atoms with Crippen LogP contribution in [0.5, 0.6) is 6.01 Å². The molecule has 0 aliphatic rings. The quantitative estimate of drug-likeness (QED) is 0.761. The molecule has 0 aliphatic carbocycles. The summed E-state index contributed by atoms with van der Waals surface area (Å²) in [4.78, 5) is 23.4. The Labute approximate surface area is 115 Å². The van der Waals surface area contributed by atoms with E-state index in [2.05, 4.69) is 25.4 Å². The fraction of sp³-hybridized carbons (Fsp3) is 0.364. The topological polar surface area (TPSA) is 121 Å². The normalized spacial score (nSPS) is 10.3. The second kappa shape index (κ2) is 5.95. The maximum absolute atomic E-state index is 11.1. The van der Waals surface area contributed by atoms with Crippen molar-refractivity contribution in [1.29, 1.82) is 0 Å². The summed E-state index contributed by atoms with van der Waals surface area (Å²) >= 11 is 0. The molecule has 0 radical (unpaired) electrons. The third-order valence-electron chi connectivity index (χ3n) is 2.33. The number of nitrogens with zero attached hydrogens (tertiary/aromatic N) is 5. The van der Waals surface area contributed by atoms with Gasteiger partial charge in [0, 0.05) is 13.2 Å². The maximum atomic E-state index is 11.1. The lowest BCUT2D eigenvalue weighted by atomic mass is 10.4. The smallest absolute Gasteiger partial charge is 0.323 e. The zero-order chi connectivity index (χ0) is 14.5. The first-order valence-corrected chi connectivity index (χ1v) is 6.05. The lowest BCUT2D eigenvalue weighted by Crippen LogP contribution is -2.11. The van der Waals surface area contributed by atoms with Crippen LogP contribution in [0.15, 0.2) is 12.4 Å². The predicted octanol–water partition coefficient (Wildman–Crippen LogP) is -0.0133. The fourth-order valence-corrected chi connectivity index (χ4v) is 1.38. The van der Waals surface area contributed by atoms with Crippen LogP contribution in [0.3, 0.4) is 0 Å². The Balaban J connectivity index is 2.35. The highest BCUT2D eigenvalue weighted by Crippen LogP contribution is 2.11. The number of carbonyl (C=O) groups excluding carboxylic acids is 1. The first-order chi connectivity index (χ1) is 9.63. The molecule has 0 atom stereocenters. The molecule has 2 aromatic heterocycles. The van der Waals surface area contributed by atoms with Crippen molar-refractivity contribution in [2.24, 2.45) is 5.73 Å². The molecule has 3 N–H and O–H groups in total. The van der Waals surface area contributed by atoms with Crippen molar-refractivity contribution in [3.05, 3.63) is 18.0 Å². The number of nitrogens with one attached hydrogen (secondary N) is 1. The van der Waals surface area contributed by atoms with Crippen LogP contribution in [-0.2, 0) is 0 Å². The van der Waals surface area contributed by atoms with Crippen LogP contribution in [-0.4, -0.2) is 44.3 Å². The molecule has 9 heteroatoms. The van der Waals surface area contributed by atoms with E-state index in [0.29, 0.717) is 12.6 Å². The molecule has 2 aromatic rings. The van der Waals surface area contributed by atoms with Crippen LogP contribution in [0.4, 0.5) is 5.95 Å². The van der Waals surface area contributed by atoms with Crippen molar-refractivity contribution >= 4 is 11.9 Å². The van der Waals surface area contributed by atoms with E-state index in [1.807, 2.05) is 6.92 Å². The van der Waals surface area contributed by atoms with Gasteiger partial charge in [0.05, 0.1) is 18.4 Å². The number of primary amides is 1. The van der Waals surface area contributed by atoms with Gasteiger partial charge in [0.15, 0.2) is 0 Å². The van der Waals surface area contributed by atoms with Crippen molar-refractivity contribution in [2.75, 3.05) is 19.0 Å². The van der Waals surface area contributed by atoms with Gasteiger partial charge in [0.1, 0.15) is 0 Å². The van der Waals surface area contributed by atoms with E-state index in [-0.39, 0.29) is 17.5 Å². The number of nitrogens with two attached hydrogens (primary N) is 1. The number of anilines is 1. The summed E-state index contributed by atoms with van der Waals surface area (Å²) in [7, 11) is 1.68. The van der Waals surface area contributed by atoms with Gasteiger partial charge in [0.2, 0.25) is 5.95 Å². The number of carbonyl (C=O) groups is 1. The highest BCUT2D eigenvalue weighted by molar-refractivity contribution is 5.92. The van der Waals surface area contributed by atoms with E-state index >= 15 is 0 Å². The highest BCUT2D eigenvalue weighted by atomic mass is 16.5. The summed E-state index contributed by atoms with van der Waals surface area (Å²) in [6.45, 7) is 2.48. The summed E-state index contributed by atoms with van der Waals surface area (Å²) in [6, 6.07) is 0.192. The molecular formula is C11H15N7O2. The van der Waals surface area contributed by atoms with E-state index < -0.39 is 5.91 Å². The van der Waals surface area contributed by atoms with Gasteiger partial charge in [-0.3, -0.25) is 4.79 Å². The molecule has 0 spiro atoms. The Morgan fingerprint density at radius 3 is 2.85 bits per heavy atom. The van der Waals surface area contributed by atoms with Crippen molar-refractivity contribution in [3.8, 4) is 12.0 Å². The zero-order valence-electron chi connectivity index (χ0n) is 11.2. The minimum Gasteiger partial charge on any atom is -0.463 e. The summed E-state index contributed by atoms with van der Waals surface area (Å²) in [6.07, 6.45) is 3.63. The van der Waals surface area contributed by atoms with E-state index in [4.69, 9.17) is 10.5 Å². The van der Waals surface area contributed by atoms with E-state index in [1.54, 1.807) is 7.05 Å². The van der Waals surface area contributed by atoms with Gasteiger partial charge in [-0.05, 0) is 6.42 Å².